The summed E-state index contributed by atoms with van der Waals surface area (Å²) in [5.41, 5.74) is 0. The van der Waals surface area contributed by atoms with Crippen LogP contribution in [0.5, 0.6) is 5.75 Å². The Balaban J connectivity index is 2.01. The zero-order valence-electron chi connectivity index (χ0n) is 10.7. The normalized spacial score (nSPS) is 21.7. The summed E-state index contributed by atoms with van der Waals surface area (Å²) in [7, 11) is 1.51. The molecule has 2 atom stereocenters. The highest BCUT2D eigenvalue weighted by Crippen LogP contribution is 2.30. The molecule has 110 valence electrons. The largest absolute Gasteiger partial charge is 0.484 e. The molecule has 0 saturated heterocycles. The van der Waals surface area contributed by atoms with Crippen LogP contribution in [0.15, 0.2) is 16.6 Å². The first-order chi connectivity index (χ1) is 9.52. The molecule has 7 heteroatoms. The average molecular weight is 351 g/mol. The molecule has 0 aromatic heterocycles. The van der Waals surface area contributed by atoms with E-state index in [1.54, 1.807) is 0 Å². The van der Waals surface area contributed by atoms with Crippen molar-refractivity contribution in [1.82, 2.24) is 0 Å². The highest BCUT2D eigenvalue weighted by Gasteiger charge is 2.43. The lowest BCUT2D eigenvalue weighted by molar-refractivity contribution is -0.156. The SMILES string of the molecule is COCCOC1C(=O)CC1Oc1cc(Br)cc(F)c1F. The lowest BCUT2D eigenvalue weighted by atomic mass is 9.90. The van der Waals surface area contributed by atoms with Crippen molar-refractivity contribution in [2.45, 2.75) is 18.6 Å². The topological polar surface area (TPSA) is 44.8 Å². The van der Waals surface area contributed by atoms with Crippen molar-refractivity contribution in [1.29, 1.82) is 0 Å². The van der Waals surface area contributed by atoms with Gasteiger partial charge in [0, 0.05) is 18.0 Å². The molecule has 1 aliphatic rings. The standard InChI is InChI=1S/C13H13BrF2O4/c1-18-2-3-19-13-9(17)6-11(13)20-10-5-7(14)4-8(15)12(10)16/h4-5,11,13H,2-3,6H2,1H3. The second-order valence-corrected chi connectivity index (χ2v) is 5.23. The first-order valence-corrected chi connectivity index (χ1v) is 6.76. The molecule has 1 aromatic rings. The Morgan fingerprint density at radius 3 is 2.75 bits per heavy atom. The van der Waals surface area contributed by atoms with Crippen LogP contribution in [0.25, 0.3) is 0 Å². The van der Waals surface area contributed by atoms with Gasteiger partial charge in [-0.25, -0.2) is 4.39 Å². The predicted molar refractivity (Wildman–Crippen MR) is 69.7 cm³/mol. The Bertz CT molecular complexity index is 509. The summed E-state index contributed by atoms with van der Waals surface area (Å²) >= 11 is 3.05. The molecular weight excluding hydrogens is 338 g/mol. The molecule has 0 heterocycles. The molecule has 20 heavy (non-hydrogen) atoms. The lowest BCUT2D eigenvalue weighted by Crippen LogP contribution is -2.52. The van der Waals surface area contributed by atoms with Crippen LogP contribution < -0.4 is 4.74 Å². The summed E-state index contributed by atoms with van der Waals surface area (Å²) in [5.74, 6) is -2.46. The second-order valence-electron chi connectivity index (χ2n) is 4.31. The van der Waals surface area contributed by atoms with Crippen molar-refractivity contribution < 1.29 is 27.8 Å². The van der Waals surface area contributed by atoms with Gasteiger partial charge in [-0.05, 0) is 12.1 Å². The van der Waals surface area contributed by atoms with Gasteiger partial charge in [-0.1, -0.05) is 15.9 Å². The molecule has 2 unspecified atom stereocenters. The van der Waals surface area contributed by atoms with Crippen molar-refractivity contribution in [3.8, 4) is 5.75 Å². The zero-order chi connectivity index (χ0) is 14.7. The smallest absolute Gasteiger partial charge is 0.200 e. The van der Waals surface area contributed by atoms with E-state index >= 15 is 0 Å². The van der Waals surface area contributed by atoms with Crippen LogP contribution in [-0.2, 0) is 14.3 Å². The van der Waals surface area contributed by atoms with Crippen LogP contribution in [0, 0.1) is 11.6 Å². The number of ether oxygens (including phenoxy) is 3. The monoisotopic (exact) mass is 350 g/mol. The number of benzene rings is 1. The maximum atomic E-state index is 13.6. The third-order valence-electron chi connectivity index (χ3n) is 2.88. The summed E-state index contributed by atoms with van der Waals surface area (Å²) in [6, 6.07) is 2.31. The summed E-state index contributed by atoms with van der Waals surface area (Å²) in [5, 5.41) is 0. The van der Waals surface area contributed by atoms with Gasteiger partial charge in [-0.3, -0.25) is 4.79 Å². The number of rotatable bonds is 6. The van der Waals surface area contributed by atoms with Gasteiger partial charge in [0.25, 0.3) is 0 Å². The summed E-state index contributed by atoms with van der Waals surface area (Å²) < 4.78 is 42.6. The molecule has 0 bridgehead atoms. The van der Waals surface area contributed by atoms with Gasteiger partial charge >= 0.3 is 0 Å². The number of carbonyl (C=O) groups is 1. The van der Waals surface area contributed by atoms with Crippen molar-refractivity contribution in [2.24, 2.45) is 0 Å². The van der Waals surface area contributed by atoms with Crippen molar-refractivity contribution in [2.75, 3.05) is 20.3 Å². The van der Waals surface area contributed by atoms with E-state index in [0.29, 0.717) is 11.1 Å². The number of carbonyl (C=O) groups excluding carboxylic acids is 1. The molecule has 0 amide bonds. The molecule has 0 aliphatic heterocycles. The first kappa shape index (κ1) is 15.3. The summed E-state index contributed by atoms with van der Waals surface area (Å²) in [6.07, 6.45) is -1.25. The average Bonchev–Trinajstić information content (AvgIpc) is 2.39. The van der Waals surface area contributed by atoms with Gasteiger partial charge in [0.2, 0.25) is 5.82 Å². The predicted octanol–water partition coefficient (Wildman–Crippen LogP) is 2.48. The number of halogens is 3. The molecule has 2 rings (SSSR count). The van der Waals surface area contributed by atoms with Gasteiger partial charge in [-0.2, -0.15) is 4.39 Å². The van der Waals surface area contributed by atoms with Crippen molar-refractivity contribution in [3.05, 3.63) is 28.2 Å². The minimum atomic E-state index is -1.08. The highest BCUT2D eigenvalue weighted by molar-refractivity contribution is 9.10. The minimum absolute atomic E-state index is 0.116. The van der Waals surface area contributed by atoms with Crippen molar-refractivity contribution in [3.63, 3.8) is 0 Å². The van der Waals surface area contributed by atoms with Crippen LogP contribution in [0.1, 0.15) is 6.42 Å². The van der Waals surface area contributed by atoms with E-state index in [2.05, 4.69) is 15.9 Å². The fourth-order valence-corrected chi connectivity index (χ4v) is 2.22. The molecule has 1 aromatic carbocycles. The number of hydrogen-bond donors (Lipinski definition) is 0. The fraction of sp³-hybridized carbons (Fsp3) is 0.462. The summed E-state index contributed by atoms with van der Waals surface area (Å²) in [6.45, 7) is 0.582. The van der Waals surface area contributed by atoms with Crippen LogP contribution in [-0.4, -0.2) is 38.3 Å². The van der Waals surface area contributed by atoms with Gasteiger partial charge in [-0.15, -0.1) is 0 Å². The maximum absolute atomic E-state index is 13.6. The zero-order valence-corrected chi connectivity index (χ0v) is 12.3. The quantitative estimate of drug-likeness (QED) is 0.584. The Labute approximate surface area is 123 Å². The Hall–Kier alpha value is -1.05. The Morgan fingerprint density at radius 2 is 2.10 bits per heavy atom. The molecule has 1 saturated carbocycles. The maximum Gasteiger partial charge on any atom is 0.200 e. The molecule has 1 fully saturated rings. The van der Waals surface area contributed by atoms with Crippen LogP contribution >= 0.6 is 15.9 Å². The third-order valence-corrected chi connectivity index (χ3v) is 3.34. The number of Topliss-reactive ketones (excluding diaryl/α,β-unsaturated/α-hetero) is 1. The van der Waals surface area contributed by atoms with Crippen LogP contribution in [0.4, 0.5) is 8.78 Å². The lowest BCUT2D eigenvalue weighted by Gasteiger charge is -2.34. The molecule has 1 aliphatic carbocycles. The Kier molecular flexibility index (Phi) is 5.06. The molecule has 0 spiro atoms. The number of hydrogen-bond acceptors (Lipinski definition) is 4. The fourth-order valence-electron chi connectivity index (χ4n) is 1.81. The number of methoxy groups -OCH3 is 1. The summed E-state index contributed by atoms with van der Waals surface area (Å²) in [4.78, 5) is 11.4. The van der Waals surface area contributed by atoms with E-state index in [-0.39, 0.29) is 24.6 Å². The van der Waals surface area contributed by atoms with Crippen LogP contribution in [0.2, 0.25) is 0 Å². The van der Waals surface area contributed by atoms with E-state index in [1.807, 2.05) is 0 Å². The van der Waals surface area contributed by atoms with E-state index in [9.17, 15) is 13.6 Å². The van der Waals surface area contributed by atoms with Crippen molar-refractivity contribution >= 4 is 21.7 Å². The Morgan fingerprint density at radius 1 is 1.35 bits per heavy atom. The van der Waals surface area contributed by atoms with Gasteiger partial charge in [0.15, 0.2) is 23.5 Å². The number of ketones is 1. The first-order valence-electron chi connectivity index (χ1n) is 5.97. The molecular formula is C13H13BrF2O4. The van der Waals surface area contributed by atoms with E-state index in [4.69, 9.17) is 14.2 Å². The molecule has 4 nitrogen and oxygen atoms in total. The molecule has 0 radical (unpaired) electrons. The van der Waals surface area contributed by atoms with Gasteiger partial charge < -0.3 is 14.2 Å². The molecule has 0 N–H and O–H groups in total. The third kappa shape index (κ3) is 3.34. The van der Waals surface area contributed by atoms with E-state index in [1.165, 1.54) is 13.2 Å². The van der Waals surface area contributed by atoms with Gasteiger partial charge in [0.05, 0.1) is 13.2 Å². The van der Waals surface area contributed by atoms with Gasteiger partial charge in [0.1, 0.15) is 6.10 Å². The van der Waals surface area contributed by atoms with Crippen LogP contribution in [0.3, 0.4) is 0 Å². The minimum Gasteiger partial charge on any atom is -0.484 e. The highest BCUT2D eigenvalue weighted by atomic mass is 79.9. The van der Waals surface area contributed by atoms with E-state index in [0.717, 1.165) is 6.07 Å². The van der Waals surface area contributed by atoms with E-state index < -0.39 is 23.8 Å². The second kappa shape index (κ2) is 6.60.